The van der Waals surface area contributed by atoms with E-state index in [9.17, 15) is 14.3 Å². The lowest BCUT2D eigenvalue weighted by Gasteiger charge is -2.15. The summed E-state index contributed by atoms with van der Waals surface area (Å²) in [5.41, 5.74) is 2.25. The molecule has 0 amide bonds. The first-order chi connectivity index (χ1) is 10.5. The largest absolute Gasteiger partial charge is 0.494 e. The smallest absolute Gasteiger partial charge is 0.311 e. The second kappa shape index (κ2) is 7.07. The molecular weight excluding hydrogens is 283 g/mol. The van der Waals surface area contributed by atoms with Gasteiger partial charge in [-0.2, -0.15) is 0 Å². The van der Waals surface area contributed by atoms with Crippen LogP contribution in [-0.2, 0) is 11.2 Å². The molecule has 0 spiro atoms. The maximum Gasteiger partial charge on any atom is 0.311 e. The summed E-state index contributed by atoms with van der Waals surface area (Å²) in [4.78, 5) is 11.6. The molecule has 22 heavy (non-hydrogen) atoms. The number of rotatable bonds is 6. The van der Waals surface area contributed by atoms with E-state index in [1.54, 1.807) is 24.3 Å². The fourth-order valence-electron chi connectivity index (χ4n) is 2.45. The van der Waals surface area contributed by atoms with E-state index in [1.165, 1.54) is 12.1 Å². The SMILES string of the molecule is CCOc1ccc(C(Cc2cccc(F)c2)C(=O)O)cc1C. The number of carbonyl (C=O) groups is 1. The van der Waals surface area contributed by atoms with Crippen LogP contribution < -0.4 is 4.74 Å². The highest BCUT2D eigenvalue weighted by Gasteiger charge is 2.21. The lowest BCUT2D eigenvalue weighted by molar-refractivity contribution is -0.138. The van der Waals surface area contributed by atoms with Crippen LogP contribution in [0, 0.1) is 12.7 Å². The summed E-state index contributed by atoms with van der Waals surface area (Å²) in [5, 5.41) is 9.50. The summed E-state index contributed by atoms with van der Waals surface area (Å²) in [7, 11) is 0. The number of carboxylic acids is 1. The van der Waals surface area contributed by atoms with Crippen molar-refractivity contribution in [3.05, 3.63) is 65.0 Å². The summed E-state index contributed by atoms with van der Waals surface area (Å²) in [6.45, 7) is 4.35. The zero-order chi connectivity index (χ0) is 16.1. The average molecular weight is 302 g/mol. The van der Waals surface area contributed by atoms with Crippen molar-refractivity contribution in [3.8, 4) is 5.75 Å². The zero-order valence-electron chi connectivity index (χ0n) is 12.7. The van der Waals surface area contributed by atoms with E-state index in [0.717, 1.165) is 11.3 Å². The van der Waals surface area contributed by atoms with E-state index in [1.807, 2.05) is 19.9 Å². The lowest BCUT2D eigenvalue weighted by atomic mass is 9.91. The van der Waals surface area contributed by atoms with Gasteiger partial charge in [0.05, 0.1) is 12.5 Å². The van der Waals surface area contributed by atoms with Crippen molar-refractivity contribution < 1.29 is 19.0 Å². The number of carboxylic acid groups (broad SMARTS) is 1. The van der Waals surface area contributed by atoms with Crippen molar-refractivity contribution in [3.63, 3.8) is 0 Å². The van der Waals surface area contributed by atoms with Crippen LogP contribution >= 0.6 is 0 Å². The van der Waals surface area contributed by atoms with Gasteiger partial charge in [-0.15, -0.1) is 0 Å². The third-order valence-electron chi connectivity index (χ3n) is 3.53. The number of hydrogen-bond donors (Lipinski definition) is 1. The molecule has 0 aliphatic carbocycles. The first-order valence-electron chi connectivity index (χ1n) is 7.22. The number of benzene rings is 2. The predicted molar refractivity (Wildman–Crippen MR) is 82.8 cm³/mol. The third kappa shape index (κ3) is 3.85. The minimum atomic E-state index is -0.923. The van der Waals surface area contributed by atoms with E-state index < -0.39 is 11.9 Å². The van der Waals surface area contributed by atoms with E-state index in [4.69, 9.17) is 4.74 Å². The van der Waals surface area contributed by atoms with Crippen LogP contribution in [0.1, 0.15) is 29.5 Å². The number of aryl methyl sites for hydroxylation is 1. The average Bonchev–Trinajstić information content (AvgIpc) is 2.47. The molecule has 0 saturated carbocycles. The van der Waals surface area contributed by atoms with Crippen molar-refractivity contribution in [1.82, 2.24) is 0 Å². The number of aliphatic carboxylic acids is 1. The zero-order valence-corrected chi connectivity index (χ0v) is 12.7. The normalized spacial score (nSPS) is 12.0. The van der Waals surface area contributed by atoms with Gasteiger partial charge in [0.2, 0.25) is 0 Å². The van der Waals surface area contributed by atoms with Crippen molar-refractivity contribution in [1.29, 1.82) is 0 Å². The van der Waals surface area contributed by atoms with Crippen molar-refractivity contribution >= 4 is 5.97 Å². The van der Waals surface area contributed by atoms with Crippen molar-refractivity contribution in [2.45, 2.75) is 26.2 Å². The van der Waals surface area contributed by atoms with Gasteiger partial charge in [-0.1, -0.05) is 24.3 Å². The van der Waals surface area contributed by atoms with Crippen LogP contribution in [0.4, 0.5) is 4.39 Å². The number of hydrogen-bond acceptors (Lipinski definition) is 2. The second-order valence-corrected chi connectivity index (χ2v) is 5.18. The van der Waals surface area contributed by atoms with Crippen LogP contribution in [0.5, 0.6) is 5.75 Å². The number of halogens is 1. The van der Waals surface area contributed by atoms with Gasteiger partial charge in [-0.3, -0.25) is 4.79 Å². The Morgan fingerprint density at radius 2 is 2.05 bits per heavy atom. The summed E-state index contributed by atoms with van der Waals surface area (Å²) < 4.78 is 18.7. The highest BCUT2D eigenvalue weighted by Crippen LogP contribution is 2.27. The Labute approximate surface area is 129 Å². The monoisotopic (exact) mass is 302 g/mol. The Hall–Kier alpha value is -2.36. The molecule has 0 fully saturated rings. The molecule has 4 heteroatoms. The van der Waals surface area contributed by atoms with E-state index in [-0.39, 0.29) is 12.2 Å². The second-order valence-electron chi connectivity index (χ2n) is 5.18. The molecule has 0 heterocycles. The summed E-state index contributed by atoms with van der Waals surface area (Å²) in [5.74, 6) is -1.24. The molecule has 0 aliphatic rings. The van der Waals surface area contributed by atoms with E-state index >= 15 is 0 Å². The summed E-state index contributed by atoms with van der Waals surface area (Å²) in [6, 6.07) is 11.4. The fourth-order valence-corrected chi connectivity index (χ4v) is 2.45. The molecule has 0 aromatic heterocycles. The van der Waals surface area contributed by atoms with Gasteiger partial charge in [0.1, 0.15) is 11.6 Å². The summed E-state index contributed by atoms with van der Waals surface area (Å²) >= 11 is 0. The molecule has 0 aliphatic heterocycles. The highest BCUT2D eigenvalue weighted by atomic mass is 19.1. The standard InChI is InChI=1S/C18H19FO3/c1-3-22-17-8-7-14(9-12(17)2)16(18(20)21)11-13-5-4-6-15(19)10-13/h4-10,16H,3,11H2,1-2H3,(H,20,21). The Bertz CT molecular complexity index is 667. The molecule has 1 N–H and O–H groups in total. The van der Waals surface area contributed by atoms with Crippen molar-refractivity contribution in [2.24, 2.45) is 0 Å². The first kappa shape index (κ1) is 16.0. The van der Waals surface area contributed by atoms with Gasteiger partial charge in [-0.25, -0.2) is 4.39 Å². The van der Waals surface area contributed by atoms with Gasteiger partial charge >= 0.3 is 5.97 Å². The molecule has 3 nitrogen and oxygen atoms in total. The fraction of sp³-hybridized carbons (Fsp3) is 0.278. The lowest BCUT2D eigenvalue weighted by Crippen LogP contribution is -2.15. The van der Waals surface area contributed by atoms with Crippen LogP contribution in [0.15, 0.2) is 42.5 Å². The molecule has 0 radical (unpaired) electrons. The Morgan fingerprint density at radius 1 is 1.27 bits per heavy atom. The van der Waals surface area contributed by atoms with Gasteiger partial charge < -0.3 is 9.84 Å². The first-order valence-corrected chi connectivity index (χ1v) is 7.22. The van der Waals surface area contributed by atoms with Crippen molar-refractivity contribution in [2.75, 3.05) is 6.61 Å². The minimum Gasteiger partial charge on any atom is -0.494 e. The minimum absolute atomic E-state index is 0.251. The Balaban J connectivity index is 2.28. The van der Waals surface area contributed by atoms with Gasteiger partial charge in [0.25, 0.3) is 0 Å². The molecule has 0 bridgehead atoms. The summed E-state index contributed by atoms with van der Waals surface area (Å²) in [6.07, 6.45) is 0.251. The van der Waals surface area contributed by atoms with Gasteiger partial charge in [0, 0.05) is 0 Å². The molecule has 1 atom stereocenters. The van der Waals surface area contributed by atoms with Crippen LogP contribution in [0.2, 0.25) is 0 Å². The quantitative estimate of drug-likeness (QED) is 0.879. The van der Waals surface area contributed by atoms with Gasteiger partial charge in [-0.05, 0) is 55.2 Å². The molecule has 116 valence electrons. The van der Waals surface area contributed by atoms with Crippen LogP contribution in [0.3, 0.4) is 0 Å². The predicted octanol–water partition coefficient (Wildman–Crippen LogP) is 3.94. The molecule has 2 aromatic carbocycles. The van der Waals surface area contributed by atoms with E-state index in [2.05, 4.69) is 0 Å². The maximum absolute atomic E-state index is 13.3. The number of ether oxygens (including phenoxy) is 1. The van der Waals surface area contributed by atoms with Gasteiger partial charge in [0.15, 0.2) is 0 Å². The molecule has 2 rings (SSSR count). The topological polar surface area (TPSA) is 46.5 Å². The molecule has 0 saturated heterocycles. The Kier molecular flexibility index (Phi) is 5.15. The highest BCUT2D eigenvalue weighted by molar-refractivity contribution is 5.76. The van der Waals surface area contributed by atoms with Crippen LogP contribution in [-0.4, -0.2) is 17.7 Å². The molecule has 2 aromatic rings. The maximum atomic E-state index is 13.3. The van der Waals surface area contributed by atoms with Crippen LogP contribution in [0.25, 0.3) is 0 Å². The van der Waals surface area contributed by atoms with E-state index in [0.29, 0.717) is 17.7 Å². The Morgan fingerprint density at radius 3 is 2.64 bits per heavy atom. The third-order valence-corrected chi connectivity index (χ3v) is 3.53. The molecule has 1 unspecified atom stereocenters. The molecular formula is C18H19FO3.